The summed E-state index contributed by atoms with van der Waals surface area (Å²) in [5.74, 6) is -3.09. The predicted molar refractivity (Wildman–Crippen MR) is 112 cm³/mol. The minimum Gasteiger partial charge on any atom is -0.350 e. The van der Waals surface area contributed by atoms with Crippen molar-refractivity contribution < 1.29 is 18.4 Å². The standard InChI is InChI=1S/C24H18F2N2O2/c1-14-8-11-20(15(2)12-14)28-23(29)21(16-6-4-3-5-7-16)22(24(28)30)27-17-9-10-18(25)19(26)13-17/h3-13,27H,1-2H3. The molecule has 0 saturated carbocycles. The van der Waals surface area contributed by atoms with Gasteiger partial charge in [0.25, 0.3) is 11.8 Å². The highest BCUT2D eigenvalue weighted by atomic mass is 19.2. The third-order valence-corrected chi connectivity index (χ3v) is 4.93. The van der Waals surface area contributed by atoms with Gasteiger partial charge in [0, 0.05) is 11.8 Å². The van der Waals surface area contributed by atoms with Crippen LogP contribution in [0.3, 0.4) is 0 Å². The summed E-state index contributed by atoms with van der Waals surface area (Å²) >= 11 is 0. The van der Waals surface area contributed by atoms with Gasteiger partial charge in [-0.2, -0.15) is 0 Å². The van der Waals surface area contributed by atoms with Crippen molar-refractivity contribution in [3.05, 3.63) is 101 Å². The summed E-state index contributed by atoms with van der Waals surface area (Å²) in [6, 6.07) is 17.4. The molecule has 0 atom stereocenters. The Morgan fingerprint density at radius 2 is 1.53 bits per heavy atom. The van der Waals surface area contributed by atoms with E-state index in [-0.39, 0.29) is 17.0 Å². The van der Waals surface area contributed by atoms with Gasteiger partial charge >= 0.3 is 0 Å². The molecule has 6 heteroatoms. The SMILES string of the molecule is Cc1ccc(N2C(=O)C(Nc3ccc(F)c(F)c3)=C(c3ccccc3)C2=O)c(C)c1. The summed E-state index contributed by atoms with van der Waals surface area (Å²) in [6.07, 6.45) is 0. The van der Waals surface area contributed by atoms with Gasteiger partial charge in [0.1, 0.15) is 5.70 Å². The van der Waals surface area contributed by atoms with Crippen LogP contribution < -0.4 is 10.2 Å². The van der Waals surface area contributed by atoms with Gasteiger partial charge in [-0.05, 0) is 43.2 Å². The first-order valence-electron chi connectivity index (χ1n) is 9.34. The fourth-order valence-corrected chi connectivity index (χ4v) is 3.51. The summed E-state index contributed by atoms with van der Waals surface area (Å²) in [5, 5.41) is 2.83. The first-order chi connectivity index (χ1) is 14.4. The fourth-order valence-electron chi connectivity index (χ4n) is 3.51. The van der Waals surface area contributed by atoms with Gasteiger partial charge in [-0.15, -0.1) is 0 Å². The molecular weight excluding hydrogens is 386 g/mol. The average Bonchev–Trinajstić information content (AvgIpc) is 2.95. The third kappa shape index (κ3) is 3.37. The Labute approximate surface area is 172 Å². The van der Waals surface area contributed by atoms with Crippen molar-refractivity contribution in [3.8, 4) is 0 Å². The van der Waals surface area contributed by atoms with Crippen LogP contribution in [0.4, 0.5) is 20.2 Å². The monoisotopic (exact) mass is 404 g/mol. The molecular formula is C24H18F2N2O2. The van der Waals surface area contributed by atoms with E-state index < -0.39 is 23.4 Å². The maximum absolute atomic E-state index is 13.7. The van der Waals surface area contributed by atoms with Crippen molar-refractivity contribution in [3.63, 3.8) is 0 Å². The lowest BCUT2D eigenvalue weighted by atomic mass is 10.0. The number of carbonyl (C=O) groups excluding carboxylic acids is 2. The maximum atomic E-state index is 13.7. The van der Waals surface area contributed by atoms with Gasteiger partial charge in [-0.25, -0.2) is 13.7 Å². The second-order valence-corrected chi connectivity index (χ2v) is 7.11. The van der Waals surface area contributed by atoms with Crippen molar-refractivity contribution in [2.24, 2.45) is 0 Å². The normalized spacial score (nSPS) is 13.9. The third-order valence-electron chi connectivity index (χ3n) is 4.93. The van der Waals surface area contributed by atoms with Gasteiger partial charge in [-0.3, -0.25) is 9.59 Å². The van der Waals surface area contributed by atoms with Crippen LogP contribution in [0.2, 0.25) is 0 Å². The molecule has 1 N–H and O–H groups in total. The smallest absolute Gasteiger partial charge is 0.282 e. The lowest BCUT2D eigenvalue weighted by Crippen LogP contribution is -2.33. The number of halogens is 2. The molecule has 0 bridgehead atoms. The first-order valence-corrected chi connectivity index (χ1v) is 9.34. The number of imide groups is 1. The molecule has 0 radical (unpaired) electrons. The van der Waals surface area contributed by atoms with E-state index in [1.807, 2.05) is 26.0 Å². The van der Waals surface area contributed by atoms with Crippen LogP contribution >= 0.6 is 0 Å². The number of amides is 2. The molecule has 1 heterocycles. The molecule has 4 rings (SSSR count). The maximum Gasteiger partial charge on any atom is 0.282 e. The Kier molecular flexibility index (Phi) is 4.91. The van der Waals surface area contributed by atoms with E-state index in [1.54, 1.807) is 36.4 Å². The van der Waals surface area contributed by atoms with E-state index in [4.69, 9.17) is 0 Å². The summed E-state index contributed by atoms with van der Waals surface area (Å²) < 4.78 is 27.0. The summed E-state index contributed by atoms with van der Waals surface area (Å²) in [4.78, 5) is 27.8. The zero-order chi connectivity index (χ0) is 21.4. The number of benzene rings is 3. The molecule has 30 heavy (non-hydrogen) atoms. The molecule has 3 aromatic rings. The molecule has 0 fully saturated rings. The number of rotatable bonds is 4. The van der Waals surface area contributed by atoms with E-state index in [9.17, 15) is 18.4 Å². The van der Waals surface area contributed by atoms with E-state index in [1.165, 1.54) is 6.07 Å². The number of nitrogens with zero attached hydrogens (tertiary/aromatic N) is 1. The zero-order valence-electron chi connectivity index (χ0n) is 16.4. The molecule has 4 nitrogen and oxygen atoms in total. The van der Waals surface area contributed by atoms with Crippen LogP contribution in [0.1, 0.15) is 16.7 Å². The van der Waals surface area contributed by atoms with Crippen molar-refractivity contribution in [1.29, 1.82) is 0 Å². The Morgan fingerprint density at radius 1 is 0.800 bits per heavy atom. The molecule has 0 saturated heterocycles. The first kappa shape index (κ1) is 19.5. The summed E-state index contributed by atoms with van der Waals surface area (Å²) in [5.41, 5.74) is 3.16. The van der Waals surface area contributed by atoms with E-state index in [2.05, 4.69) is 5.32 Å². The van der Waals surface area contributed by atoms with Crippen molar-refractivity contribution in [2.45, 2.75) is 13.8 Å². The van der Waals surface area contributed by atoms with E-state index >= 15 is 0 Å². The van der Waals surface area contributed by atoms with Crippen LogP contribution in [0.15, 0.2) is 72.4 Å². The van der Waals surface area contributed by atoms with Gasteiger partial charge in [0.2, 0.25) is 0 Å². The highest BCUT2D eigenvalue weighted by Gasteiger charge is 2.40. The Balaban J connectivity index is 1.83. The molecule has 0 unspecified atom stereocenters. The van der Waals surface area contributed by atoms with Crippen LogP contribution in [0.5, 0.6) is 0 Å². The van der Waals surface area contributed by atoms with Crippen LogP contribution in [0, 0.1) is 25.5 Å². The van der Waals surface area contributed by atoms with Crippen LogP contribution in [-0.2, 0) is 9.59 Å². The van der Waals surface area contributed by atoms with Crippen molar-refractivity contribution in [2.75, 3.05) is 10.2 Å². The van der Waals surface area contributed by atoms with Crippen LogP contribution in [0.25, 0.3) is 5.57 Å². The number of carbonyl (C=O) groups is 2. The second kappa shape index (κ2) is 7.55. The summed E-state index contributed by atoms with van der Waals surface area (Å²) in [7, 11) is 0. The minimum absolute atomic E-state index is 0.0113. The molecule has 0 aliphatic carbocycles. The highest BCUT2D eigenvalue weighted by molar-refractivity contribution is 6.46. The molecule has 2 amide bonds. The lowest BCUT2D eigenvalue weighted by Gasteiger charge is -2.18. The average molecular weight is 404 g/mol. The van der Waals surface area contributed by atoms with Gasteiger partial charge in [0.15, 0.2) is 11.6 Å². The minimum atomic E-state index is -1.05. The van der Waals surface area contributed by atoms with Gasteiger partial charge in [-0.1, -0.05) is 48.0 Å². The number of hydrogen-bond donors (Lipinski definition) is 1. The number of aryl methyl sites for hydroxylation is 2. The van der Waals surface area contributed by atoms with Crippen molar-refractivity contribution >= 4 is 28.8 Å². The Morgan fingerprint density at radius 3 is 2.20 bits per heavy atom. The number of hydrogen-bond acceptors (Lipinski definition) is 3. The highest BCUT2D eigenvalue weighted by Crippen LogP contribution is 2.35. The molecule has 1 aliphatic heterocycles. The number of anilines is 2. The predicted octanol–water partition coefficient (Wildman–Crippen LogP) is 4.98. The van der Waals surface area contributed by atoms with Crippen LogP contribution in [-0.4, -0.2) is 11.8 Å². The molecule has 0 spiro atoms. The summed E-state index contributed by atoms with van der Waals surface area (Å²) in [6.45, 7) is 3.75. The van der Waals surface area contributed by atoms with E-state index in [0.29, 0.717) is 11.3 Å². The quantitative estimate of drug-likeness (QED) is 0.624. The van der Waals surface area contributed by atoms with Crippen molar-refractivity contribution in [1.82, 2.24) is 0 Å². The Hall–Kier alpha value is -3.80. The van der Waals surface area contributed by atoms with Gasteiger partial charge < -0.3 is 5.32 Å². The van der Waals surface area contributed by atoms with Gasteiger partial charge in [0.05, 0.1) is 11.3 Å². The molecule has 3 aromatic carbocycles. The lowest BCUT2D eigenvalue weighted by molar-refractivity contribution is -0.120. The molecule has 150 valence electrons. The topological polar surface area (TPSA) is 49.4 Å². The second-order valence-electron chi connectivity index (χ2n) is 7.11. The Bertz CT molecular complexity index is 1200. The molecule has 0 aromatic heterocycles. The van der Waals surface area contributed by atoms with E-state index in [0.717, 1.165) is 28.2 Å². The largest absolute Gasteiger partial charge is 0.350 e. The zero-order valence-corrected chi connectivity index (χ0v) is 16.4. The fraction of sp³-hybridized carbons (Fsp3) is 0.0833. The number of nitrogens with one attached hydrogen (secondary N) is 1. The molecule has 1 aliphatic rings.